The normalized spacial score (nSPS) is 11.1. The number of rotatable bonds is 6. The van der Waals surface area contributed by atoms with Gasteiger partial charge in [-0.3, -0.25) is 0 Å². The fraction of sp³-hybridized carbons (Fsp3) is 0.118. The molecular formula is C17H18FN3O. The fourth-order valence-corrected chi connectivity index (χ4v) is 1.99. The summed E-state index contributed by atoms with van der Waals surface area (Å²) in [6.45, 7) is 0.252. The summed E-state index contributed by atoms with van der Waals surface area (Å²) in [5.41, 5.74) is 8.25. The van der Waals surface area contributed by atoms with Crippen molar-refractivity contribution in [1.29, 1.82) is 5.41 Å². The maximum absolute atomic E-state index is 13.6. The number of nitrogens with one attached hydrogen (secondary N) is 2. The lowest BCUT2D eigenvalue weighted by Gasteiger charge is -2.07. The van der Waals surface area contributed by atoms with E-state index in [-0.39, 0.29) is 12.4 Å². The maximum atomic E-state index is 13.6. The van der Waals surface area contributed by atoms with Crippen molar-refractivity contribution in [3.8, 4) is 5.75 Å². The van der Waals surface area contributed by atoms with E-state index in [1.54, 1.807) is 19.4 Å². The molecule has 22 heavy (non-hydrogen) atoms. The highest BCUT2D eigenvalue weighted by atomic mass is 19.1. The second kappa shape index (κ2) is 7.38. The average Bonchev–Trinajstić information content (AvgIpc) is 2.55. The van der Waals surface area contributed by atoms with Gasteiger partial charge in [-0.2, -0.15) is 0 Å². The number of benzene rings is 2. The molecule has 0 radical (unpaired) electrons. The molecule has 5 heteroatoms. The van der Waals surface area contributed by atoms with E-state index in [2.05, 4.69) is 5.32 Å². The third-order valence-electron chi connectivity index (χ3n) is 3.17. The Bertz CT molecular complexity index is 681. The molecule has 2 rings (SSSR count). The van der Waals surface area contributed by atoms with Gasteiger partial charge in [-0.15, -0.1) is 0 Å². The van der Waals surface area contributed by atoms with Gasteiger partial charge in [-0.05, 0) is 53.6 Å². The first-order valence-corrected chi connectivity index (χ1v) is 6.77. The van der Waals surface area contributed by atoms with Gasteiger partial charge in [0, 0.05) is 30.2 Å². The lowest BCUT2D eigenvalue weighted by atomic mass is 10.0. The van der Waals surface area contributed by atoms with Gasteiger partial charge in [-0.1, -0.05) is 0 Å². The van der Waals surface area contributed by atoms with E-state index in [1.165, 1.54) is 18.3 Å². The smallest absolute Gasteiger partial charge is 0.124 e. The van der Waals surface area contributed by atoms with Gasteiger partial charge in [-0.25, -0.2) is 4.39 Å². The third kappa shape index (κ3) is 3.93. The Morgan fingerprint density at radius 1 is 1.27 bits per heavy atom. The molecule has 0 amide bonds. The van der Waals surface area contributed by atoms with Crippen LogP contribution in [0.25, 0.3) is 5.57 Å². The minimum Gasteiger partial charge on any atom is -0.497 e. The summed E-state index contributed by atoms with van der Waals surface area (Å²) in [5, 5.41) is 10.6. The quantitative estimate of drug-likeness (QED) is 0.716. The van der Waals surface area contributed by atoms with Gasteiger partial charge in [0.15, 0.2) is 0 Å². The first-order chi connectivity index (χ1) is 10.7. The number of nitrogens with two attached hydrogens (primary N) is 1. The van der Waals surface area contributed by atoms with Gasteiger partial charge in [0.25, 0.3) is 0 Å². The van der Waals surface area contributed by atoms with Gasteiger partial charge in [0.2, 0.25) is 0 Å². The van der Waals surface area contributed by atoms with E-state index >= 15 is 0 Å². The number of hydrogen-bond acceptors (Lipinski definition) is 4. The Morgan fingerprint density at radius 2 is 2.00 bits per heavy atom. The van der Waals surface area contributed by atoms with Crippen LogP contribution in [0.4, 0.5) is 10.1 Å². The lowest BCUT2D eigenvalue weighted by Crippen LogP contribution is -2.00. The van der Waals surface area contributed by atoms with Crippen molar-refractivity contribution in [3.63, 3.8) is 0 Å². The molecule has 0 saturated carbocycles. The van der Waals surface area contributed by atoms with Gasteiger partial charge in [0.1, 0.15) is 11.6 Å². The molecule has 114 valence electrons. The summed E-state index contributed by atoms with van der Waals surface area (Å²) >= 11 is 0. The molecule has 0 bridgehead atoms. The van der Waals surface area contributed by atoms with Crippen LogP contribution in [-0.2, 0) is 6.54 Å². The topological polar surface area (TPSA) is 71.1 Å². The SMILES string of the molecule is COc1ccc(N/C=C(\C=N)c2cc(F)cc(CN)c2)cc1. The van der Waals surface area contributed by atoms with Crippen molar-refractivity contribution >= 4 is 17.5 Å². The molecule has 0 saturated heterocycles. The highest BCUT2D eigenvalue weighted by molar-refractivity contribution is 6.08. The van der Waals surface area contributed by atoms with Gasteiger partial charge < -0.3 is 21.2 Å². The molecule has 0 heterocycles. The standard InChI is InChI=1S/C17H18FN3O/c1-22-17-4-2-16(3-5-17)21-11-14(10-20)13-6-12(9-19)7-15(18)8-13/h2-8,10-11,20-21H,9,19H2,1H3/b14-11+,20-10?. The zero-order valence-electron chi connectivity index (χ0n) is 12.3. The number of allylic oxidation sites excluding steroid dienone is 1. The molecule has 0 spiro atoms. The molecule has 0 aromatic heterocycles. The second-order valence-corrected chi connectivity index (χ2v) is 4.67. The van der Waals surface area contributed by atoms with Crippen LogP contribution >= 0.6 is 0 Å². The Hall–Kier alpha value is -2.66. The Labute approximate surface area is 128 Å². The summed E-state index contributed by atoms with van der Waals surface area (Å²) in [4.78, 5) is 0. The molecule has 0 aliphatic heterocycles. The highest BCUT2D eigenvalue weighted by Crippen LogP contribution is 2.19. The summed E-state index contributed by atoms with van der Waals surface area (Å²) in [5.74, 6) is 0.398. The number of anilines is 1. The van der Waals surface area contributed by atoms with Crippen LogP contribution in [0, 0.1) is 11.2 Å². The molecule has 4 nitrogen and oxygen atoms in total. The summed E-state index contributed by atoms with van der Waals surface area (Å²) < 4.78 is 18.7. The Kier molecular flexibility index (Phi) is 5.27. The predicted octanol–water partition coefficient (Wildman–Crippen LogP) is 3.40. The lowest BCUT2D eigenvalue weighted by molar-refractivity contribution is 0.415. The number of methoxy groups -OCH3 is 1. The maximum Gasteiger partial charge on any atom is 0.124 e. The van der Waals surface area contributed by atoms with E-state index in [4.69, 9.17) is 15.9 Å². The molecular weight excluding hydrogens is 281 g/mol. The zero-order valence-corrected chi connectivity index (χ0v) is 12.3. The van der Waals surface area contributed by atoms with Crippen LogP contribution in [0.15, 0.2) is 48.7 Å². The second-order valence-electron chi connectivity index (χ2n) is 4.67. The highest BCUT2D eigenvalue weighted by Gasteiger charge is 2.04. The van der Waals surface area contributed by atoms with Crippen molar-refractivity contribution in [2.45, 2.75) is 6.54 Å². The van der Waals surface area contributed by atoms with Crippen LogP contribution in [0.5, 0.6) is 5.75 Å². The largest absolute Gasteiger partial charge is 0.497 e. The van der Waals surface area contributed by atoms with Crippen molar-refractivity contribution in [2.75, 3.05) is 12.4 Å². The van der Waals surface area contributed by atoms with E-state index in [0.29, 0.717) is 16.7 Å². The summed E-state index contributed by atoms with van der Waals surface area (Å²) in [6.07, 6.45) is 2.83. The Balaban J connectivity index is 2.23. The molecule has 0 aliphatic carbocycles. The van der Waals surface area contributed by atoms with Crippen molar-refractivity contribution in [1.82, 2.24) is 0 Å². The first-order valence-electron chi connectivity index (χ1n) is 6.77. The van der Waals surface area contributed by atoms with E-state index < -0.39 is 0 Å². The number of halogens is 1. The van der Waals surface area contributed by atoms with Crippen LogP contribution in [0.3, 0.4) is 0 Å². The van der Waals surface area contributed by atoms with Crippen LogP contribution in [-0.4, -0.2) is 13.3 Å². The molecule has 0 aliphatic rings. The van der Waals surface area contributed by atoms with Crippen LogP contribution in [0.1, 0.15) is 11.1 Å². The Morgan fingerprint density at radius 3 is 2.59 bits per heavy atom. The summed E-state index contributed by atoms with van der Waals surface area (Å²) in [6, 6.07) is 11.9. The third-order valence-corrected chi connectivity index (χ3v) is 3.17. The van der Waals surface area contributed by atoms with Crippen LogP contribution < -0.4 is 15.8 Å². The molecule has 2 aromatic rings. The average molecular weight is 299 g/mol. The molecule has 0 unspecified atom stereocenters. The van der Waals surface area contributed by atoms with Crippen molar-refractivity contribution in [2.24, 2.45) is 5.73 Å². The van der Waals surface area contributed by atoms with Gasteiger partial charge >= 0.3 is 0 Å². The first kappa shape index (κ1) is 15.7. The fourth-order valence-electron chi connectivity index (χ4n) is 1.99. The molecule has 0 atom stereocenters. The minimum atomic E-state index is -0.366. The van der Waals surface area contributed by atoms with E-state index in [0.717, 1.165) is 11.4 Å². The van der Waals surface area contributed by atoms with E-state index in [1.807, 2.05) is 24.3 Å². The molecule has 0 fully saturated rings. The summed E-state index contributed by atoms with van der Waals surface area (Å²) in [7, 11) is 1.61. The molecule has 4 N–H and O–H groups in total. The number of ether oxygens (including phenoxy) is 1. The predicted molar refractivity (Wildman–Crippen MR) is 87.7 cm³/mol. The zero-order chi connectivity index (χ0) is 15.9. The molecule has 2 aromatic carbocycles. The van der Waals surface area contributed by atoms with Crippen LogP contribution in [0.2, 0.25) is 0 Å². The number of hydrogen-bond donors (Lipinski definition) is 3. The monoisotopic (exact) mass is 299 g/mol. The minimum absolute atomic E-state index is 0.252. The van der Waals surface area contributed by atoms with Crippen molar-refractivity contribution < 1.29 is 9.13 Å². The van der Waals surface area contributed by atoms with E-state index in [9.17, 15) is 4.39 Å². The van der Waals surface area contributed by atoms with Crippen molar-refractivity contribution in [3.05, 3.63) is 65.6 Å². The van der Waals surface area contributed by atoms with Gasteiger partial charge in [0.05, 0.1) is 7.11 Å².